The first-order valence-electron chi connectivity index (χ1n) is 6.88. The van der Waals surface area contributed by atoms with Gasteiger partial charge in [0.05, 0.1) is 18.6 Å². The molecule has 1 aliphatic heterocycles. The molecule has 1 aliphatic rings. The van der Waals surface area contributed by atoms with Gasteiger partial charge in [-0.25, -0.2) is 8.42 Å². The number of nitrogens with zero attached hydrogens (tertiary/aromatic N) is 2. The molecule has 7 heteroatoms. The number of hydrogen-bond donors (Lipinski definition) is 1. The summed E-state index contributed by atoms with van der Waals surface area (Å²) in [5, 5.41) is 9.34. The van der Waals surface area contributed by atoms with Crippen molar-refractivity contribution < 1.29 is 18.3 Å². The lowest BCUT2D eigenvalue weighted by atomic mass is 10.2. The van der Waals surface area contributed by atoms with Crippen LogP contribution in [0.4, 0.5) is 0 Å². The van der Waals surface area contributed by atoms with Gasteiger partial charge >= 0.3 is 0 Å². The fraction of sp³-hybridized carbons (Fsp3) is 0.571. The highest BCUT2D eigenvalue weighted by Gasteiger charge is 2.32. The average Bonchev–Trinajstić information content (AvgIpc) is 2.46. The predicted octanol–water partition coefficient (Wildman–Crippen LogP) is 0.512. The Kier molecular flexibility index (Phi) is 4.88. The SMILES string of the molecule is COc1ccc(S(=O)(=O)N2CCN(C)CC2C)cc1CO. The van der Waals surface area contributed by atoms with Crippen LogP contribution in [0.15, 0.2) is 23.1 Å². The molecule has 0 spiro atoms. The van der Waals surface area contributed by atoms with Gasteiger partial charge in [-0.3, -0.25) is 0 Å². The van der Waals surface area contributed by atoms with Crippen molar-refractivity contribution in [1.29, 1.82) is 0 Å². The van der Waals surface area contributed by atoms with Crippen molar-refractivity contribution >= 4 is 10.0 Å². The highest BCUT2D eigenvalue weighted by Crippen LogP contribution is 2.26. The fourth-order valence-electron chi connectivity index (χ4n) is 2.65. The molecule has 1 aromatic carbocycles. The van der Waals surface area contributed by atoms with E-state index in [0.29, 0.717) is 30.9 Å². The lowest BCUT2D eigenvalue weighted by Gasteiger charge is -2.37. The zero-order valence-electron chi connectivity index (χ0n) is 12.6. The van der Waals surface area contributed by atoms with Gasteiger partial charge in [-0.15, -0.1) is 0 Å². The molecule has 0 saturated carbocycles. The third-order valence-corrected chi connectivity index (χ3v) is 5.81. The van der Waals surface area contributed by atoms with E-state index in [2.05, 4.69) is 4.90 Å². The van der Waals surface area contributed by atoms with Gasteiger partial charge in [-0.05, 0) is 32.2 Å². The third-order valence-electron chi connectivity index (χ3n) is 3.80. The van der Waals surface area contributed by atoms with E-state index >= 15 is 0 Å². The van der Waals surface area contributed by atoms with Crippen LogP contribution in [0.2, 0.25) is 0 Å². The molecule has 1 atom stereocenters. The van der Waals surface area contributed by atoms with Gasteiger partial charge in [-0.2, -0.15) is 4.31 Å². The minimum Gasteiger partial charge on any atom is -0.496 e. The lowest BCUT2D eigenvalue weighted by molar-refractivity contribution is 0.170. The Balaban J connectivity index is 2.35. The second-order valence-electron chi connectivity index (χ2n) is 5.36. The van der Waals surface area contributed by atoms with Gasteiger partial charge in [0.1, 0.15) is 5.75 Å². The van der Waals surface area contributed by atoms with Crippen LogP contribution in [0.3, 0.4) is 0 Å². The first-order chi connectivity index (χ1) is 9.90. The van der Waals surface area contributed by atoms with Crippen molar-refractivity contribution in [2.75, 3.05) is 33.8 Å². The molecule has 0 aliphatic carbocycles. The largest absolute Gasteiger partial charge is 0.496 e. The molecule has 0 radical (unpaired) electrons. The average molecular weight is 314 g/mol. The summed E-state index contributed by atoms with van der Waals surface area (Å²) in [6.07, 6.45) is 0. The molecule has 2 rings (SSSR count). The number of ether oxygens (including phenoxy) is 1. The summed E-state index contributed by atoms with van der Waals surface area (Å²) in [5.41, 5.74) is 0.473. The van der Waals surface area contributed by atoms with E-state index in [4.69, 9.17) is 4.74 Å². The van der Waals surface area contributed by atoms with Gasteiger partial charge in [0.15, 0.2) is 0 Å². The van der Waals surface area contributed by atoms with E-state index in [1.165, 1.54) is 23.5 Å². The molecule has 118 valence electrons. The molecule has 1 unspecified atom stereocenters. The Hall–Kier alpha value is -1.15. The zero-order valence-corrected chi connectivity index (χ0v) is 13.4. The number of piperazine rings is 1. The molecule has 0 bridgehead atoms. The third kappa shape index (κ3) is 3.21. The molecular weight excluding hydrogens is 292 g/mol. The van der Waals surface area contributed by atoms with Gasteiger partial charge < -0.3 is 14.7 Å². The summed E-state index contributed by atoms with van der Waals surface area (Å²) in [6, 6.07) is 4.52. The number of aliphatic hydroxyl groups excluding tert-OH is 1. The molecule has 6 nitrogen and oxygen atoms in total. The molecule has 0 amide bonds. The van der Waals surface area contributed by atoms with E-state index in [0.717, 1.165) is 0 Å². The summed E-state index contributed by atoms with van der Waals surface area (Å²) in [5.74, 6) is 0.489. The van der Waals surface area contributed by atoms with Crippen molar-refractivity contribution in [3.8, 4) is 5.75 Å². The predicted molar refractivity (Wildman–Crippen MR) is 79.8 cm³/mol. The summed E-state index contributed by atoms with van der Waals surface area (Å²) >= 11 is 0. The second kappa shape index (κ2) is 6.31. The normalized spacial score (nSPS) is 21.4. The van der Waals surface area contributed by atoms with Crippen LogP contribution in [0.5, 0.6) is 5.75 Å². The molecule has 21 heavy (non-hydrogen) atoms. The molecule has 0 aromatic heterocycles. The molecular formula is C14H22N2O4S. The van der Waals surface area contributed by atoms with Gasteiger partial charge in [-0.1, -0.05) is 0 Å². The highest BCUT2D eigenvalue weighted by molar-refractivity contribution is 7.89. The minimum absolute atomic E-state index is 0.0755. The van der Waals surface area contributed by atoms with Gasteiger partial charge in [0.2, 0.25) is 10.0 Å². The summed E-state index contributed by atoms with van der Waals surface area (Å²) in [6.45, 7) is 3.55. The van der Waals surface area contributed by atoms with E-state index in [1.807, 2.05) is 14.0 Å². The molecule has 1 aromatic rings. The van der Waals surface area contributed by atoms with Crippen LogP contribution >= 0.6 is 0 Å². The van der Waals surface area contributed by atoms with E-state index in [9.17, 15) is 13.5 Å². The summed E-state index contributed by atoms with van der Waals surface area (Å²) < 4.78 is 32.1. The Morgan fingerprint density at radius 3 is 2.67 bits per heavy atom. The Morgan fingerprint density at radius 2 is 2.10 bits per heavy atom. The zero-order chi connectivity index (χ0) is 15.6. The number of benzene rings is 1. The van der Waals surface area contributed by atoms with Crippen molar-refractivity contribution in [2.24, 2.45) is 0 Å². The van der Waals surface area contributed by atoms with Crippen LogP contribution in [-0.2, 0) is 16.6 Å². The standard InChI is InChI=1S/C14H22N2O4S/c1-11-9-15(2)6-7-16(11)21(18,19)13-4-5-14(20-3)12(8-13)10-17/h4-5,8,11,17H,6-7,9-10H2,1-3H3. The van der Waals surface area contributed by atoms with Crippen molar-refractivity contribution in [3.05, 3.63) is 23.8 Å². The first kappa shape index (κ1) is 16.2. The number of rotatable bonds is 4. The summed E-state index contributed by atoms with van der Waals surface area (Å²) in [4.78, 5) is 2.31. The number of methoxy groups -OCH3 is 1. The number of hydrogen-bond acceptors (Lipinski definition) is 5. The minimum atomic E-state index is -3.55. The van der Waals surface area contributed by atoms with Crippen molar-refractivity contribution in [2.45, 2.75) is 24.5 Å². The monoisotopic (exact) mass is 314 g/mol. The van der Waals surface area contributed by atoms with Crippen LogP contribution in [-0.4, -0.2) is 62.6 Å². The maximum absolute atomic E-state index is 12.8. The number of likely N-dealkylation sites (N-methyl/N-ethyl adjacent to an activating group) is 1. The molecule has 1 fully saturated rings. The lowest BCUT2D eigenvalue weighted by Crippen LogP contribution is -2.52. The quantitative estimate of drug-likeness (QED) is 0.877. The van der Waals surface area contributed by atoms with Crippen LogP contribution < -0.4 is 4.74 Å². The van der Waals surface area contributed by atoms with Crippen molar-refractivity contribution in [1.82, 2.24) is 9.21 Å². The van der Waals surface area contributed by atoms with Crippen LogP contribution in [0.25, 0.3) is 0 Å². The van der Waals surface area contributed by atoms with E-state index in [1.54, 1.807) is 6.07 Å². The smallest absolute Gasteiger partial charge is 0.243 e. The second-order valence-corrected chi connectivity index (χ2v) is 7.25. The van der Waals surface area contributed by atoms with E-state index < -0.39 is 10.0 Å². The van der Waals surface area contributed by atoms with Crippen molar-refractivity contribution in [3.63, 3.8) is 0 Å². The molecule has 1 heterocycles. The highest BCUT2D eigenvalue weighted by atomic mass is 32.2. The van der Waals surface area contributed by atoms with Crippen LogP contribution in [0.1, 0.15) is 12.5 Å². The molecule has 1 N–H and O–H groups in total. The number of aliphatic hydroxyl groups is 1. The molecule has 1 saturated heterocycles. The maximum atomic E-state index is 12.8. The summed E-state index contributed by atoms with van der Waals surface area (Å²) in [7, 11) is -0.0771. The number of sulfonamides is 1. The fourth-order valence-corrected chi connectivity index (χ4v) is 4.32. The van der Waals surface area contributed by atoms with Gasteiger partial charge in [0, 0.05) is 31.2 Å². The topological polar surface area (TPSA) is 70.1 Å². The Bertz CT molecular complexity index is 603. The maximum Gasteiger partial charge on any atom is 0.243 e. The Labute approximate surface area is 126 Å². The van der Waals surface area contributed by atoms with Crippen LogP contribution in [0, 0.1) is 0 Å². The first-order valence-corrected chi connectivity index (χ1v) is 8.32. The van der Waals surface area contributed by atoms with E-state index in [-0.39, 0.29) is 17.5 Å². The Morgan fingerprint density at radius 1 is 1.38 bits per heavy atom. The van der Waals surface area contributed by atoms with Gasteiger partial charge in [0.25, 0.3) is 0 Å².